The smallest absolute Gasteiger partial charge is 0.416 e. The number of morpholine rings is 1. The van der Waals surface area contributed by atoms with Crippen LogP contribution in [0.4, 0.5) is 24.5 Å². The fourth-order valence-corrected chi connectivity index (χ4v) is 3.57. The molecule has 3 rings (SSSR count). The number of hydrogen-bond donors (Lipinski definition) is 2. The number of thiocarbonyl (C=S) groups is 1. The number of carbonyl (C=O) groups is 1. The molecule has 1 saturated heterocycles. The zero-order chi connectivity index (χ0) is 23.3. The van der Waals surface area contributed by atoms with Crippen molar-refractivity contribution in [1.29, 1.82) is 0 Å². The van der Waals surface area contributed by atoms with E-state index in [-0.39, 0.29) is 21.4 Å². The highest BCUT2D eigenvalue weighted by molar-refractivity contribution is 7.80. The summed E-state index contributed by atoms with van der Waals surface area (Å²) in [6, 6.07) is 7.86. The molecule has 32 heavy (non-hydrogen) atoms. The van der Waals surface area contributed by atoms with E-state index < -0.39 is 17.6 Å². The number of benzene rings is 2. The highest BCUT2D eigenvalue weighted by Crippen LogP contribution is 2.35. The van der Waals surface area contributed by atoms with Crippen LogP contribution in [-0.4, -0.2) is 43.9 Å². The summed E-state index contributed by atoms with van der Waals surface area (Å²) < 4.78 is 50.4. The summed E-state index contributed by atoms with van der Waals surface area (Å²) in [5.41, 5.74) is 0.0586. The minimum absolute atomic E-state index is 0.136. The lowest BCUT2D eigenvalue weighted by atomic mass is 10.1. The Labute approximate surface area is 193 Å². The van der Waals surface area contributed by atoms with E-state index >= 15 is 0 Å². The quantitative estimate of drug-likeness (QED) is 0.595. The number of hydrogen-bond acceptors (Lipinski definition) is 5. The summed E-state index contributed by atoms with van der Waals surface area (Å²) in [5.74, 6) is -0.127. The maximum absolute atomic E-state index is 13.2. The van der Waals surface area contributed by atoms with Gasteiger partial charge in [0.25, 0.3) is 5.91 Å². The van der Waals surface area contributed by atoms with Gasteiger partial charge in [-0.25, -0.2) is 0 Å². The molecule has 2 aromatic rings. The summed E-state index contributed by atoms with van der Waals surface area (Å²) in [5, 5.41) is 5.31. The monoisotopic (exact) mass is 487 g/mol. The third-order valence-electron chi connectivity index (χ3n) is 4.64. The van der Waals surface area contributed by atoms with E-state index in [4.69, 9.17) is 33.3 Å². The van der Waals surface area contributed by atoms with Crippen LogP contribution in [0.2, 0.25) is 5.02 Å². The van der Waals surface area contributed by atoms with Crippen molar-refractivity contribution < 1.29 is 27.4 Å². The molecule has 1 heterocycles. The second-order valence-corrected chi connectivity index (χ2v) is 7.63. The second-order valence-electron chi connectivity index (χ2n) is 6.82. The van der Waals surface area contributed by atoms with Gasteiger partial charge in [0, 0.05) is 18.7 Å². The van der Waals surface area contributed by atoms with Crippen LogP contribution in [0.15, 0.2) is 36.4 Å². The molecular formula is C21H21ClF3N3O3S. The largest absolute Gasteiger partial charge is 0.492 e. The van der Waals surface area contributed by atoms with Gasteiger partial charge in [-0.05, 0) is 55.5 Å². The average Bonchev–Trinajstić information content (AvgIpc) is 2.75. The van der Waals surface area contributed by atoms with Gasteiger partial charge in [0.1, 0.15) is 5.75 Å². The summed E-state index contributed by atoms with van der Waals surface area (Å²) >= 11 is 11.3. The van der Waals surface area contributed by atoms with Crippen molar-refractivity contribution in [3.63, 3.8) is 0 Å². The van der Waals surface area contributed by atoms with Gasteiger partial charge in [0.2, 0.25) is 0 Å². The van der Waals surface area contributed by atoms with Crippen molar-refractivity contribution in [3.8, 4) is 5.75 Å². The van der Waals surface area contributed by atoms with Crippen molar-refractivity contribution in [1.82, 2.24) is 5.32 Å². The second kappa shape index (κ2) is 10.4. The van der Waals surface area contributed by atoms with Crippen LogP contribution >= 0.6 is 23.8 Å². The van der Waals surface area contributed by atoms with Crippen molar-refractivity contribution >= 4 is 46.2 Å². The maximum atomic E-state index is 13.2. The van der Waals surface area contributed by atoms with Crippen molar-refractivity contribution in [2.45, 2.75) is 13.1 Å². The lowest BCUT2D eigenvalue weighted by Gasteiger charge is -2.31. The molecule has 1 aliphatic heterocycles. The van der Waals surface area contributed by atoms with E-state index in [9.17, 15) is 18.0 Å². The molecule has 2 aromatic carbocycles. The zero-order valence-electron chi connectivity index (χ0n) is 17.1. The first-order valence-corrected chi connectivity index (χ1v) is 10.6. The fraction of sp³-hybridized carbons (Fsp3) is 0.333. The summed E-state index contributed by atoms with van der Waals surface area (Å²) in [7, 11) is 0. The van der Waals surface area contributed by atoms with E-state index in [1.165, 1.54) is 18.2 Å². The third kappa shape index (κ3) is 6.02. The van der Waals surface area contributed by atoms with Crippen LogP contribution in [0.3, 0.4) is 0 Å². The number of carbonyl (C=O) groups excluding carboxylic acids is 1. The molecule has 0 unspecified atom stereocenters. The maximum Gasteiger partial charge on any atom is 0.416 e. The topological polar surface area (TPSA) is 62.8 Å². The molecule has 0 radical (unpaired) electrons. The van der Waals surface area contributed by atoms with Gasteiger partial charge in [-0.1, -0.05) is 11.6 Å². The Hall–Kier alpha value is -2.56. The van der Waals surface area contributed by atoms with Gasteiger partial charge in [-0.15, -0.1) is 0 Å². The molecule has 2 N–H and O–H groups in total. The number of nitrogens with one attached hydrogen (secondary N) is 2. The molecule has 11 heteroatoms. The molecule has 1 fully saturated rings. The molecule has 0 saturated carbocycles. The standard InChI is InChI=1S/C21H21ClF3N3O3S/c1-2-31-18-6-3-13(11-15(18)22)19(29)27-20(32)26-16-12-14(21(23,24)25)4-5-17(16)28-7-9-30-10-8-28/h3-6,11-12H,2,7-10H2,1H3,(H2,26,27,29,32). The van der Waals surface area contributed by atoms with E-state index in [1.807, 2.05) is 4.90 Å². The first-order valence-electron chi connectivity index (χ1n) is 9.77. The Kier molecular flexibility index (Phi) is 7.81. The van der Waals surface area contributed by atoms with E-state index in [0.717, 1.165) is 12.1 Å². The van der Waals surface area contributed by atoms with Gasteiger partial charge in [0.15, 0.2) is 5.11 Å². The Morgan fingerprint density at radius 3 is 2.56 bits per heavy atom. The lowest BCUT2D eigenvalue weighted by Crippen LogP contribution is -2.38. The van der Waals surface area contributed by atoms with Crippen LogP contribution in [0.1, 0.15) is 22.8 Å². The number of rotatable bonds is 5. The minimum Gasteiger partial charge on any atom is -0.492 e. The molecule has 0 aliphatic carbocycles. The Balaban J connectivity index is 1.78. The molecule has 0 atom stereocenters. The summed E-state index contributed by atoms with van der Waals surface area (Å²) in [6.45, 7) is 4.18. The van der Waals surface area contributed by atoms with Gasteiger partial charge in [0.05, 0.1) is 41.8 Å². The number of anilines is 2. The highest BCUT2D eigenvalue weighted by atomic mass is 35.5. The molecule has 6 nitrogen and oxygen atoms in total. The van der Waals surface area contributed by atoms with E-state index in [0.29, 0.717) is 44.3 Å². The molecule has 1 amide bonds. The Morgan fingerprint density at radius 1 is 1.22 bits per heavy atom. The molecule has 0 bridgehead atoms. The van der Waals surface area contributed by atoms with Crippen LogP contribution in [0.5, 0.6) is 5.75 Å². The molecule has 0 spiro atoms. The van der Waals surface area contributed by atoms with Gasteiger partial charge >= 0.3 is 6.18 Å². The van der Waals surface area contributed by atoms with Gasteiger partial charge in [-0.2, -0.15) is 13.2 Å². The van der Waals surface area contributed by atoms with Gasteiger partial charge in [-0.3, -0.25) is 10.1 Å². The normalized spacial score (nSPS) is 14.1. The number of alkyl halides is 3. The number of ether oxygens (including phenoxy) is 2. The average molecular weight is 488 g/mol. The predicted octanol–water partition coefficient (Wildman–Crippen LogP) is 4.72. The summed E-state index contributed by atoms with van der Waals surface area (Å²) in [6.07, 6.45) is -4.52. The predicted molar refractivity (Wildman–Crippen MR) is 121 cm³/mol. The zero-order valence-corrected chi connectivity index (χ0v) is 18.7. The van der Waals surface area contributed by atoms with Crippen LogP contribution in [-0.2, 0) is 10.9 Å². The summed E-state index contributed by atoms with van der Waals surface area (Å²) in [4.78, 5) is 14.4. The van der Waals surface area contributed by atoms with E-state index in [1.54, 1.807) is 13.0 Å². The Bertz CT molecular complexity index is 998. The SMILES string of the molecule is CCOc1ccc(C(=O)NC(=S)Nc2cc(C(F)(F)F)ccc2N2CCOCC2)cc1Cl. The van der Waals surface area contributed by atoms with E-state index in [2.05, 4.69) is 10.6 Å². The Morgan fingerprint density at radius 2 is 1.94 bits per heavy atom. The first kappa shape index (κ1) is 24.1. The molecule has 1 aliphatic rings. The number of halogens is 4. The first-order chi connectivity index (χ1) is 15.2. The van der Waals surface area contributed by atoms with Crippen LogP contribution in [0.25, 0.3) is 0 Å². The van der Waals surface area contributed by atoms with Crippen LogP contribution in [0, 0.1) is 0 Å². The van der Waals surface area contributed by atoms with Gasteiger partial charge < -0.3 is 19.7 Å². The minimum atomic E-state index is -4.52. The molecular weight excluding hydrogens is 467 g/mol. The third-order valence-corrected chi connectivity index (χ3v) is 5.14. The van der Waals surface area contributed by atoms with Crippen molar-refractivity contribution in [2.24, 2.45) is 0 Å². The number of nitrogens with zero attached hydrogens (tertiary/aromatic N) is 1. The fourth-order valence-electron chi connectivity index (χ4n) is 3.14. The number of amides is 1. The molecule has 0 aromatic heterocycles. The highest BCUT2D eigenvalue weighted by Gasteiger charge is 2.31. The molecule has 172 valence electrons. The van der Waals surface area contributed by atoms with Crippen molar-refractivity contribution in [2.75, 3.05) is 43.1 Å². The lowest BCUT2D eigenvalue weighted by molar-refractivity contribution is -0.137. The van der Waals surface area contributed by atoms with Crippen LogP contribution < -0.4 is 20.3 Å². The van der Waals surface area contributed by atoms with Crippen molar-refractivity contribution in [3.05, 3.63) is 52.5 Å².